The molecule has 0 aliphatic heterocycles. The first kappa shape index (κ1) is 12.0. The molecule has 0 unspecified atom stereocenters. The van der Waals surface area contributed by atoms with Gasteiger partial charge >= 0.3 is 0 Å². The van der Waals surface area contributed by atoms with E-state index in [2.05, 4.69) is 36.4 Å². The Bertz CT molecular complexity index is 538. The van der Waals surface area contributed by atoms with E-state index in [1.54, 1.807) is 6.26 Å². The molecule has 0 aliphatic carbocycles. The summed E-state index contributed by atoms with van der Waals surface area (Å²) in [5.41, 5.74) is 2.82. The zero-order valence-corrected chi connectivity index (χ0v) is 11.5. The number of aromatic nitrogens is 3. The third kappa shape index (κ3) is 2.63. The lowest BCUT2D eigenvalue weighted by Crippen LogP contribution is -2.06. The van der Waals surface area contributed by atoms with Crippen LogP contribution in [0.3, 0.4) is 0 Å². The Kier molecular flexibility index (Phi) is 3.42. The van der Waals surface area contributed by atoms with Crippen molar-refractivity contribution in [1.82, 2.24) is 15.1 Å². The monoisotopic (exact) mass is 296 g/mol. The Morgan fingerprint density at radius 3 is 2.71 bits per heavy atom. The molecule has 1 N–H and O–H groups in total. The van der Waals surface area contributed by atoms with Gasteiger partial charge in [-0.2, -0.15) is 0 Å². The summed E-state index contributed by atoms with van der Waals surface area (Å²) in [6.07, 6.45) is 1.63. The molecule has 0 bridgehead atoms. The maximum Gasteiger partial charge on any atom is 0.144 e. The minimum Gasteiger partial charge on any atom is -0.364 e. The molecule has 6 heteroatoms. The fourth-order valence-corrected chi connectivity index (χ4v) is 1.78. The first-order valence-corrected chi connectivity index (χ1v) is 6.01. The van der Waals surface area contributed by atoms with Crippen LogP contribution in [0.5, 0.6) is 0 Å². The molecular weight excluding hydrogens is 284 g/mol. The van der Waals surface area contributed by atoms with Gasteiger partial charge in [-0.05, 0) is 36.7 Å². The standard InChI is InChI=1S/C11H13BrN4O/c1-6-5-17-16-9(6)4-13-11-10(12)7(2)14-8(3)15-11/h5H,4H2,1-3H3,(H,13,14,15). The van der Waals surface area contributed by atoms with E-state index in [1.807, 2.05) is 20.8 Å². The van der Waals surface area contributed by atoms with E-state index in [4.69, 9.17) is 4.52 Å². The molecule has 0 aromatic carbocycles. The summed E-state index contributed by atoms with van der Waals surface area (Å²) in [6.45, 7) is 6.34. The number of rotatable bonds is 3. The molecule has 0 saturated carbocycles. The highest BCUT2D eigenvalue weighted by Crippen LogP contribution is 2.23. The Morgan fingerprint density at radius 2 is 2.06 bits per heavy atom. The van der Waals surface area contributed by atoms with Crippen molar-refractivity contribution in [1.29, 1.82) is 0 Å². The fraction of sp³-hybridized carbons (Fsp3) is 0.364. The number of anilines is 1. The quantitative estimate of drug-likeness (QED) is 0.943. The van der Waals surface area contributed by atoms with Gasteiger partial charge in [0.25, 0.3) is 0 Å². The van der Waals surface area contributed by atoms with Gasteiger partial charge in [-0.3, -0.25) is 0 Å². The van der Waals surface area contributed by atoms with Crippen LogP contribution in [0.15, 0.2) is 15.3 Å². The molecule has 0 amide bonds. The molecule has 0 spiro atoms. The molecule has 2 aromatic rings. The summed E-state index contributed by atoms with van der Waals surface area (Å²) in [7, 11) is 0. The summed E-state index contributed by atoms with van der Waals surface area (Å²) in [5.74, 6) is 1.52. The Morgan fingerprint density at radius 1 is 1.29 bits per heavy atom. The third-order valence-electron chi connectivity index (χ3n) is 2.40. The van der Waals surface area contributed by atoms with Gasteiger partial charge in [-0.1, -0.05) is 5.16 Å². The van der Waals surface area contributed by atoms with Gasteiger partial charge < -0.3 is 9.84 Å². The van der Waals surface area contributed by atoms with Crippen LogP contribution in [0.4, 0.5) is 5.82 Å². The lowest BCUT2D eigenvalue weighted by molar-refractivity contribution is 0.412. The molecule has 0 atom stereocenters. The molecule has 90 valence electrons. The zero-order valence-electron chi connectivity index (χ0n) is 9.91. The summed E-state index contributed by atoms with van der Waals surface area (Å²) >= 11 is 3.47. The summed E-state index contributed by atoms with van der Waals surface area (Å²) in [4.78, 5) is 8.60. The molecule has 2 aromatic heterocycles. The van der Waals surface area contributed by atoms with Crippen LogP contribution in [-0.2, 0) is 6.54 Å². The molecule has 2 heterocycles. The molecule has 17 heavy (non-hydrogen) atoms. The number of halogens is 1. The Hall–Kier alpha value is -1.43. The zero-order chi connectivity index (χ0) is 12.4. The van der Waals surface area contributed by atoms with Crippen LogP contribution in [0.1, 0.15) is 22.8 Å². The molecular formula is C11H13BrN4O. The van der Waals surface area contributed by atoms with Crippen LogP contribution in [0.2, 0.25) is 0 Å². The lowest BCUT2D eigenvalue weighted by atomic mass is 10.3. The fourth-order valence-electron chi connectivity index (χ4n) is 1.46. The number of nitrogens with zero attached hydrogens (tertiary/aromatic N) is 3. The molecule has 5 nitrogen and oxygen atoms in total. The molecule has 2 rings (SSSR count). The van der Waals surface area contributed by atoms with Crippen LogP contribution in [-0.4, -0.2) is 15.1 Å². The van der Waals surface area contributed by atoms with Crippen molar-refractivity contribution in [2.75, 3.05) is 5.32 Å². The second kappa shape index (κ2) is 4.83. The van der Waals surface area contributed by atoms with E-state index < -0.39 is 0 Å². The molecule has 0 saturated heterocycles. The van der Waals surface area contributed by atoms with Crippen LogP contribution < -0.4 is 5.32 Å². The topological polar surface area (TPSA) is 63.8 Å². The molecule has 0 fully saturated rings. The van der Waals surface area contributed by atoms with Crippen LogP contribution in [0.25, 0.3) is 0 Å². The van der Waals surface area contributed by atoms with E-state index in [0.717, 1.165) is 33.1 Å². The minimum atomic E-state index is 0.580. The average molecular weight is 297 g/mol. The van der Waals surface area contributed by atoms with Gasteiger partial charge in [0.1, 0.15) is 23.6 Å². The lowest BCUT2D eigenvalue weighted by Gasteiger charge is -2.08. The highest BCUT2D eigenvalue weighted by molar-refractivity contribution is 9.10. The van der Waals surface area contributed by atoms with Crippen molar-refractivity contribution in [3.05, 3.63) is 33.5 Å². The highest BCUT2D eigenvalue weighted by atomic mass is 79.9. The third-order valence-corrected chi connectivity index (χ3v) is 3.35. The van der Waals surface area contributed by atoms with Crippen molar-refractivity contribution in [3.63, 3.8) is 0 Å². The van der Waals surface area contributed by atoms with E-state index in [-0.39, 0.29) is 0 Å². The SMILES string of the molecule is Cc1nc(C)c(Br)c(NCc2nocc2C)n1. The van der Waals surface area contributed by atoms with Crippen LogP contribution >= 0.6 is 15.9 Å². The van der Waals surface area contributed by atoms with Crippen LogP contribution in [0, 0.1) is 20.8 Å². The molecule has 0 aliphatic rings. The van der Waals surface area contributed by atoms with Gasteiger partial charge in [0, 0.05) is 5.56 Å². The first-order valence-electron chi connectivity index (χ1n) is 5.22. The highest BCUT2D eigenvalue weighted by Gasteiger charge is 2.09. The number of aryl methyl sites for hydroxylation is 3. The first-order chi connectivity index (χ1) is 8.08. The summed E-state index contributed by atoms with van der Waals surface area (Å²) in [6, 6.07) is 0. The van der Waals surface area contributed by atoms with Gasteiger partial charge in [-0.25, -0.2) is 9.97 Å². The smallest absolute Gasteiger partial charge is 0.144 e. The predicted octanol–water partition coefficient (Wildman–Crippen LogP) is 2.76. The van der Waals surface area contributed by atoms with E-state index in [1.165, 1.54) is 0 Å². The summed E-state index contributed by atoms with van der Waals surface area (Å²) < 4.78 is 5.76. The van der Waals surface area contributed by atoms with E-state index in [0.29, 0.717) is 6.54 Å². The predicted molar refractivity (Wildman–Crippen MR) is 67.8 cm³/mol. The maximum absolute atomic E-state index is 4.88. The van der Waals surface area contributed by atoms with Gasteiger partial charge in [0.15, 0.2) is 0 Å². The maximum atomic E-state index is 4.88. The number of hydrogen-bond acceptors (Lipinski definition) is 5. The average Bonchev–Trinajstić information content (AvgIpc) is 2.67. The minimum absolute atomic E-state index is 0.580. The van der Waals surface area contributed by atoms with Gasteiger partial charge in [0.2, 0.25) is 0 Å². The van der Waals surface area contributed by atoms with Crippen molar-refractivity contribution in [2.45, 2.75) is 27.3 Å². The second-order valence-electron chi connectivity index (χ2n) is 3.82. The van der Waals surface area contributed by atoms with E-state index in [9.17, 15) is 0 Å². The molecule has 0 radical (unpaired) electrons. The summed E-state index contributed by atoms with van der Waals surface area (Å²) in [5, 5.41) is 7.13. The van der Waals surface area contributed by atoms with Crippen molar-refractivity contribution in [2.24, 2.45) is 0 Å². The van der Waals surface area contributed by atoms with Crippen molar-refractivity contribution in [3.8, 4) is 0 Å². The Labute approximate surface area is 108 Å². The van der Waals surface area contributed by atoms with Gasteiger partial charge in [-0.15, -0.1) is 0 Å². The van der Waals surface area contributed by atoms with Crippen molar-refractivity contribution < 1.29 is 4.52 Å². The van der Waals surface area contributed by atoms with E-state index >= 15 is 0 Å². The second-order valence-corrected chi connectivity index (χ2v) is 4.61. The largest absolute Gasteiger partial charge is 0.364 e. The van der Waals surface area contributed by atoms with Gasteiger partial charge in [0.05, 0.1) is 16.7 Å². The Balaban J connectivity index is 2.17. The normalized spacial score (nSPS) is 10.6. The number of nitrogens with one attached hydrogen (secondary N) is 1. The van der Waals surface area contributed by atoms with Crippen molar-refractivity contribution >= 4 is 21.7 Å². The number of hydrogen-bond donors (Lipinski definition) is 1.